The minimum atomic E-state index is 0.611. The fraction of sp³-hybridized carbons (Fsp3) is 0.625. The lowest BCUT2D eigenvalue weighted by Gasteiger charge is -2.30. The molecule has 2 N–H and O–H groups in total. The van der Waals surface area contributed by atoms with Crippen LogP contribution in [0.1, 0.15) is 37.8 Å². The Morgan fingerprint density at radius 3 is 2.16 bits per heavy atom. The largest absolute Gasteiger partial charge is 0.383 e. The van der Waals surface area contributed by atoms with Crippen molar-refractivity contribution in [2.24, 2.45) is 5.73 Å². The van der Waals surface area contributed by atoms with Crippen LogP contribution in [0.2, 0.25) is 0 Å². The van der Waals surface area contributed by atoms with Gasteiger partial charge in [-0.2, -0.15) is 0 Å². The Kier molecular flexibility index (Phi) is 7.72. The van der Waals surface area contributed by atoms with Crippen molar-refractivity contribution in [3.05, 3.63) is 35.4 Å². The van der Waals surface area contributed by atoms with E-state index in [-0.39, 0.29) is 0 Å². The molecule has 0 spiro atoms. The number of methoxy groups -OCH3 is 1. The van der Waals surface area contributed by atoms with Gasteiger partial charge in [0.1, 0.15) is 0 Å². The molecular formula is C16H28N2O. The molecule has 3 heteroatoms. The summed E-state index contributed by atoms with van der Waals surface area (Å²) < 4.78 is 5.23. The molecule has 0 bridgehead atoms. The number of benzene rings is 1. The van der Waals surface area contributed by atoms with Crippen LogP contribution in [0.25, 0.3) is 0 Å². The minimum Gasteiger partial charge on any atom is -0.383 e. The average molecular weight is 264 g/mol. The van der Waals surface area contributed by atoms with Crippen LogP contribution >= 0.6 is 0 Å². The van der Waals surface area contributed by atoms with Crippen LogP contribution < -0.4 is 5.73 Å². The van der Waals surface area contributed by atoms with Gasteiger partial charge in [0.2, 0.25) is 0 Å². The van der Waals surface area contributed by atoms with Crippen LogP contribution in [0.4, 0.5) is 0 Å². The summed E-state index contributed by atoms with van der Waals surface area (Å²) in [5.41, 5.74) is 8.17. The van der Waals surface area contributed by atoms with E-state index in [1.807, 2.05) is 0 Å². The van der Waals surface area contributed by atoms with E-state index in [2.05, 4.69) is 43.0 Å². The highest BCUT2D eigenvalue weighted by Gasteiger charge is 2.14. The first kappa shape index (κ1) is 16.2. The number of nitrogens with two attached hydrogens (primary N) is 1. The number of hydrogen-bond acceptors (Lipinski definition) is 3. The minimum absolute atomic E-state index is 0.611. The van der Waals surface area contributed by atoms with Gasteiger partial charge in [-0.3, -0.25) is 4.90 Å². The van der Waals surface area contributed by atoms with Gasteiger partial charge in [0.25, 0.3) is 0 Å². The van der Waals surface area contributed by atoms with Crippen molar-refractivity contribution in [2.45, 2.75) is 45.8 Å². The molecule has 108 valence electrons. The summed E-state index contributed by atoms with van der Waals surface area (Å²) in [6.07, 6.45) is 2.36. The Morgan fingerprint density at radius 1 is 1.11 bits per heavy atom. The maximum atomic E-state index is 5.63. The molecule has 0 aliphatic carbocycles. The van der Waals surface area contributed by atoms with Crippen LogP contribution in [0.5, 0.6) is 0 Å². The molecule has 1 rings (SSSR count). The second kappa shape index (κ2) is 9.08. The molecule has 0 amide bonds. The molecule has 0 aliphatic rings. The second-order valence-corrected chi connectivity index (χ2v) is 4.95. The molecule has 0 saturated heterocycles. The molecule has 0 radical (unpaired) electrons. The number of rotatable bonds is 9. The lowest BCUT2D eigenvalue weighted by atomic mass is 10.1. The highest BCUT2D eigenvalue weighted by atomic mass is 16.5. The summed E-state index contributed by atoms with van der Waals surface area (Å²) in [6.45, 7) is 7.89. The van der Waals surface area contributed by atoms with Crippen LogP contribution in [0.3, 0.4) is 0 Å². The Morgan fingerprint density at radius 2 is 1.68 bits per heavy atom. The van der Waals surface area contributed by atoms with Crippen LogP contribution in [-0.2, 0) is 17.8 Å². The van der Waals surface area contributed by atoms with E-state index < -0.39 is 0 Å². The zero-order valence-electron chi connectivity index (χ0n) is 12.6. The standard InChI is InChI=1S/C16H28N2O/c1-4-16(5-2)18(10-11-19-3)13-15-8-6-14(12-17)7-9-15/h6-9,16H,4-5,10-13,17H2,1-3H3. The van der Waals surface area contributed by atoms with Crippen molar-refractivity contribution >= 4 is 0 Å². The van der Waals surface area contributed by atoms with Crippen LogP contribution in [0.15, 0.2) is 24.3 Å². The Hall–Kier alpha value is -0.900. The molecular weight excluding hydrogens is 236 g/mol. The normalized spacial score (nSPS) is 11.5. The molecule has 0 aliphatic heterocycles. The van der Waals surface area contributed by atoms with E-state index in [1.165, 1.54) is 24.0 Å². The van der Waals surface area contributed by atoms with Gasteiger partial charge in [0, 0.05) is 32.8 Å². The van der Waals surface area contributed by atoms with Crippen molar-refractivity contribution in [2.75, 3.05) is 20.3 Å². The third-order valence-corrected chi connectivity index (χ3v) is 3.69. The van der Waals surface area contributed by atoms with Gasteiger partial charge >= 0.3 is 0 Å². The van der Waals surface area contributed by atoms with Gasteiger partial charge in [-0.15, -0.1) is 0 Å². The van der Waals surface area contributed by atoms with E-state index >= 15 is 0 Å². The zero-order valence-corrected chi connectivity index (χ0v) is 12.6. The second-order valence-electron chi connectivity index (χ2n) is 4.95. The maximum Gasteiger partial charge on any atom is 0.0589 e. The molecule has 0 aromatic heterocycles. The van der Waals surface area contributed by atoms with E-state index in [9.17, 15) is 0 Å². The van der Waals surface area contributed by atoms with Gasteiger partial charge < -0.3 is 10.5 Å². The van der Waals surface area contributed by atoms with E-state index in [0.717, 1.165) is 19.7 Å². The lowest BCUT2D eigenvalue weighted by Crippen LogP contribution is -2.36. The third-order valence-electron chi connectivity index (χ3n) is 3.69. The number of ether oxygens (including phenoxy) is 1. The number of nitrogens with zero attached hydrogens (tertiary/aromatic N) is 1. The SMILES string of the molecule is CCC(CC)N(CCOC)Cc1ccc(CN)cc1. The van der Waals surface area contributed by atoms with E-state index in [4.69, 9.17) is 10.5 Å². The summed E-state index contributed by atoms with van der Waals surface area (Å²) in [5.74, 6) is 0. The molecule has 0 fully saturated rings. The predicted molar refractivity (Wildman–Crippen MR) is 81.0 cm³/mol. The van der Waals surface area contributed by atoms with Crippen molar-refractivity contribution in [1.82, 2.24) is 4.90 Å². The van der Waals surface area contributed by atoms with Crippen LogP contribution in [0, 0.1) is 0 Å². The van der Waals surface area contributed by atoms with Crippen molar-refractivity contribution < 1.29 is 4.74 Å². The Bertz CT molecular complexity index is 333. The monoisotopic (exact) mass is 264 g/mol. The quantitative estimate of drug-likeness (QED) is 0.745. The van der Waals surface area contributed by atoms with Gasteiger partial charge in [-0.25, -0.2) is 0 Å². The fourth-order valence-corrected chi connectivity index (χ4v) is 2.42. The van der Waals surface area contributed by atoms with E-state index in [1.54, 1.807) is 7.11 Å². The topological polar surface area (TPSA) is 38.5 Å². The van der Waals surface area contributed by atoms with Gasteiger partial charge in [0.15, 0.2) is 0 Å². The summed E-state index contributed by atoms with van der Waals surface area (Å²) in [5, 5.41) is 0. The molecule has 1 aromatic carbocycles. The molecule has 1 aromatic rings. The van der Waals surface area contributed by atoms with Crippen molar-refractivity contribution in [1.29, 1.82) is 0 Å². The summed E-state index contributed by atoms with van der Waals surface area (Å²) in [7, 11) is 1.77. The number of hydrogen-bond donors (Lipinski definition) is 1. The summed E-state index contributed by atoms with van der Waals surface area (Å²) in [6, 6.07) is 9.24. The highest BCUT2D eigenvalue weighted by Crippen LogP contribution is 2.14. The molecule has 0 heterocycles. The van der Waals surface area contributed by atoms with E-state index in [0.29, 0.717) is 12.6 Å². The molecule has 0 saturated carbocycles. The van der Waals surface area contributed by atoms with Crippen LogP contribution in [-0.4, -0.2) is 31.2 Å². The van der Waals surface area contributed by atoms with Crippen molar-refractivity contribution in [3.63, 3.8) is 0 Å². The third kappa shape index (κ3) is 5.31. The molecule has 3 nitrogen and oxygen atoms in total. The first-order valence-electron chi connectivity index (χ1n) is 7.26. The first-order valence-corrected chi connectivity index (χ1v) is 7.26. The average Bonchev–Trinajstić information content (AvgIpc) is 2.46. The predicted octanol–water partition coefficient (Wildman–Crippen LogP) is 2.78. The summed E-state index contributed by atoms with van der Waals surface area (Å²) >= 11 is 0. The Labute approximate surface area is 117 Å². The molecule has 0 unspecified atom stereocenters. The fourth-order valence-electron chi connectivity index (χ4n) is 2.42. The van der Waals surface area contributed by atoms with Crippen molar-refractivity contribution in [3.8, 4) is 0 Å². The molecule has 0 atom stereocenters. The highest BCUT2D eigenvalue weighted by molar-refractivity contribution is 5.22. The zero-order chi connectivity index (χ0) is 14.1. The molecule has 19 heavy (non-hydrogen) atoms. The lowest BCUT2D eigenvalue weighted by molar-refractivity contribution is 0.110. The smallest absolute Gasteiger partial charge is 0.0589 e. The van der Waals surface area contributed by atoms with Gasteiger partial charge in [-0.05, 0) is 24.0 Å². The maximum absolute atomic E-state index is 5.63. The van der Waals surface area contributed by atoms with Gasteiger partial charge in [-0.1, -0.05) is 38.1 Å². The Balaban J connectivity index is 2.68. The summed E-state index contributed by atoms with van der Waals surface area (Å²) in [4.78, 5) is 2.51. The first-order chi connectivity index (χ1) is 9.24. The van der Waals surface area contributed by atoms with Gasteiger partial charge in [0.05, 0.1) is 6.61 Å².